The van der Waals surface area contributed by atoms with Crippen molar-refractivity contribution in [2.24, 2.45) is 0 Å². The van der Waals surface area contributed by atoms with Crippen molar-refractivity contribution >= 4 is 23.2 Å². The molecule has 5 nitrogen and oxygen atoms in total. The summed E-state index contributed by atoms with van der Waals surface area (Å²) in [5.74, 6) is -1.50. The van der Waals surface area contributed by atoms with Crippen LogP contribution in [0.2, 0.25) is 0 Å². The predicted octanol–water partition coefficient (Wildman–Crippen LogP) is 2.75. The Balaban J connectivity index is 2.01. The quantitative estimate of drug-likeness (QED) is 0.835. The zero-order valence-electron chi connectivity index (χ0n) is 12.3. The van der Waals surface area contributed by atoms with Crippen molar-refractivity contribution in [1.29, 1.82) is 5.26 Å². The highest BCUT2D eigenvalue weighted by Crippen LogP contribution is 2.14. The van der Waals surface area contributed by atoms with Gasteiger partial charge < -0.3 is 10.6 Å². The Kier molecular flexibility index (Phi) is 4.54. The second-order valence-corrected chi connectivity index (χ2v) is 4.90. The SMILES string of the molecule is Cc1ccc(NC(=O)C(=O)Nc2ccc(C#N)cc2)cc1C. The fraction of sp³-hybridized carbons (Fsp3) is 0.118. The third-order valence-corrected chi connectivity index (χ3v) is 3.24. The Morgan fingerprint density at radius 3 is 1.95 bits per heavy atom. The molecule has 0 spiro atoms. The molecule has 0 heterocycles. The number of hydrogen-bond donors (Lipinski definition) is 2. The lowest BCUT2D eigenvalue weighted by molar-refractivity contribution is -0.132. The molecule has 2 rings (SSSR count). The van der Waals surface area contributed by atoms with Crippen molar-refractivity contribution in [2.45, 2.75) is 13.8 Å². The molecule has 110 valence electrons. The Bertz CT molecular complexity index is 758. The van der Waals surface area contributed by atoms with E-state index in [-0.39, 0.29) is 0 Å². The largest absolute Gasteiger partial charge is 0.318 e. The molecule has 0 aromatic heterocycles. The van der Waals surface area contributed by atoms with Crippen LogP contribution in [0.4, 0.5) is 11.4 Å². The number of nitrogens with one attached hydrogen (secondary N) is 2. The highest BCUT2D eigenvalue weighted by Gasteiger charge is 2.14. The van der Waals surface area contributed by atoms with Gasteiger partial charge in [0.15, 0.2) is 0 Å². The van der Waals surface area contributed by atoms with E-state index < -0.39 is 11.8 Å². The van der Waals surface area contributed by atoms with Crippen molar-refractivity contribution in [1.82, 2.24) is 0 Å². The van der Waals surface area contributed by atoms with Crippen LogP contribution in [0.25, 0.3) is 0 Å². The molecule has 5 heteroatoms. The van der Waals surface area contributed by atoms with Crippen LogP contribution in [0.1, 0.15) is 16.7 Å². The standard InChI is InChI=1S/C17H15N3O2/c1-11-3-6-15(9-12(11)2)20-17(22)16(21)19-14-7-4-13(10-18)5-8-14/h3-9H,1-2H3,(H,19,21)(H,20,22). The highest BCUT2D eigenvalue weighted by molar-refractivity contribution is 6.43. The van der Waals surface area contributed by atoms with Crippen LogP contribution in [-0.2, 0) is 9.59 Å². The number of aryl methyl sites for hydroxylation is 2. The number of carbonyl (C=O) groups is 2. The number of benzene rings is 2. The lowest BCUT2D eigenvalue weighted by Gasteiger charge is -2.08. The minimum absolute atomic E-state index is 0.458. The van der Waals surface area contributed by atoms with Gasteiger partial charge in [-0.05, 0) is 61.4 Å². The first-order valence-electron chi connectivity index (χ1n) is 6.69. The van der Waals surface area contributed by atoms with Gasteiger partial charge in [0, 0.05) is 11.4 Å². The molecule has 2 amide bonds. The molecule has 0 aliphatic rings. The summed E-state index contributed by atoms with van der Waals surface area (Å²) in [5.41, 5.74) is 3.66. The number of anilines is 2. The normalized spacial score (nSPS) is 9.68. The van der Waals surface area contributed by atoms with Gasteiger partial charge in [-0.1, -0.05) is 6.07 Å². The fourth-order valence-electron chi connectivity index (χ4n) is 1.82. The number of rotatable bonds is 2. The van der Waals surface area contributed by atoms with Crippen molar-refractivity contribution in [2.75, 3.05) is 10.6 Å². The van der Waals surface area contributed by atoms with Gasteiger partial charge in [-0.3, -0.25) is 9.59 Å². The third kappa shape index (κ3) is 3.70. The van der Waals surface area contributed by atoms with Gasteiger partial charge in [-0.15, -0.1) is 0 Å². The van der Waals surface area contributed by atoms with Crippen LogP contribution in [-0.4, -0.2) is 11.8 Å². The van der Waals surface area contributed by atoms with Crippen molar-refractivity contribution < 1.29 is 9.59 Å². The molecule has 2 aromatic carbocycles. The Hall–Kier alpha value is -3.13. The lowest BCUT2D eigenvalue weighted by Crippen LogP contribution is -2.29. The summed E-state index contributed by atoms with van der Waals surface area (Å²) >= 11 is 0. The number of hydrogen-bond acceptors (Lipinski definition) is 3. The van der Waals surface area contributed by atoms with Crippen LogP contribution in [0.5, 0.6) is 0 Å². The molecule has 0 bridgehead atoms. The number of carbonyl (C=O) groups excluding carboxylic acids is 2. The minimum atomic E-state index is -0.761. The van der Waals surface area contributed by atoms with Gasteiger partial charge in [0.2, 0.25) is 0 Å². The summed E-state index contributed by atoms with van der Waals surface area (Å²) in [6.45, 7) is 3.90. The lowest BCUT2D eigenvalue weighted by atomic mass is 10.1. The summed E-state index contributed by atoms with van der Waals surface area (Å²) in [7, 11) is 0. The van der Waals surface area contributed by atoms with Crippen LogP contribution in [0.15, 0.2) is 42.5 Å². The van der Waals surface area contributed by atoms with E-state index in [2.05, 4.69) is 10.6 Å². The molecule has 0 aliphatic carbocycles. The molecule has 2 N–H and O–H groups in total. The van der Waals surface area contributed by atoms with Gasteiger partial charge in [0.05, 0.1) is 11.6 Å². The Morgan fingerprint density at radius 2 is 1.41 bits per heavy atom. The van der Waals surface area contributed by atoms with Crippen LogP contribution < -0.4 is 10.6 Å². The predicted molar refractivity (Wildman–Crippen MR) is 84.3 cm³/mol. The number of amides is 2. The van der Waals surface area contributed by atoms with Gasteiger partial charge in [-0.25, -0.2) is 0 Å². The molecule has 0 unspecified atom stereocenters. The van der Waals surface area contributed by atoms with E-state index in [1.165, 1.54) is 0 Å². The molecule has 0 saturated carbocycles. The fourth-order valence-corrected chi connectivity index (χ4v) is 1.82. The Labute approximate surface area is 128 Å². The first kappa shape index (κ1) is 15.3. The highest BCUT2D eigenvalue weighted by atomic mass is 16.2. The smallest absolute Gasteiger partial charge is 0.314 e. The molecule has 0 saturated heterocycles. The van der Waals surface area contributed by atoms with Crippen molar-refractivity contribution in [3.8, 4) is 6.07 Å². The van der Waals surface area contributed by atoms with E-state index in [9.17, 15) is 9.59 Å². The van der Waals surface area contributed by atoms with Crippen molar-refractivity contribution in [3.63, 3.8) is 0 Å². The minimum Gasteiger partial charge on any atom is -0.318 e. The van der Waals surface area contributed by atoms with E-state index in [1.807, 2.05) is 32.0 Å². The summed E-state index contributed by atoms with van der Waals surface area (Å²) < 4.78 is 0. The van der Waals surface area contributed by atoms with Gasteiger partial charge in [0.1, 0.15) is 0 Å². The first-order valence-corrected chi connectivity index (χ1v) is 6.69. The third-order valence-electron chi connectivity index (χ3n) is 3.24. The molecular weight excluding hydrogens is 278 g/mol. The molecule has 0 radical (unpaired) electrons. The van der Waals surface area contributed by atoms with E-state index in [1.54, 1.807) is 30.3 Å². The maximum absolute atomic E-state index is 11.9. The van der Waals surface area contributed by atoms with E-state index >= 15 is 0 Å². The molecule has 0 fully saturated rings. The van der Waals surface area contributed by atoms with Crippen molar-refractivity contribution in [3.05, 3.63) is 59.2 Å². The summed E-state index contributed by atoms with van der Waals surface area (Å²) in [5, 5.41) is 13.7. The first-order chi connectivity index (χ1) is 10.5. The van der Waals surface area contributed by atoms with Crippen LogP contribution in [0.3, 0.4) is 0 Å². The average molecular weight is 293 g/mol. The van der Waals surface area contributed by atoms with E-state index in [0.29, 0.717) is 16.9 Å². The van der Waals surface area contributed by atoms with Crippen LogP contribution in [0, 0.1) is 25.2 Å². The average Bonchev–Trinajstić information content (AvgIpc) is 2.51. The maximum atomic E-state index is 11.9. The van der Waals surface area contributed by atoms with Gasteiger partial charge >= 0.3 is 11.8 Å². The van der Waals surface area contributed by atoms with Gasteiger partial charge in [0.25, 0.3) is 0 Å². The molecule has 2 aromatic rings. The topological polar surface area (TPSA) is 82.0 Å². The molecule has 22 heavy (non-hydrogen) atoms. The van der Waals surface area contributed by atoms with E-state index in [0.717, 1.165) is 11.1 Å². The summed E-state index contributed by atoms with van der Waals surface area (Å²) in [6, 6.07) is 13.7. The Morgan fingerprint density at radius 1 is 0.864 bits per heavy atom. The second-order valence-electron chi connectivity index (χ2n) is 4.90. The maximum Gasteiger partial charge on any atom is 0.314 e. The second kappa shape index (κ2) is 6.55. The monoisotopic (exact) mass is 293 g/mol. The summed E-state index contributed by atoms with van der Waals surface area (Å²) in [6.07, 6.45) is 0. The van der Waals surface area contributed by atoms with Gasteiger partial charge in [-0.2, -0.15) is 5.26 Å². The van der Waals surface area contributed by atoms with Crippen LogP contribution >= 0.6 is 0 Å². The number of nitrogens with zero attached hydrogens (tertiary/aromatic N) is 1. The van der Waals surface area contributed by atoms with E-state index in [4.69, 9.17) is 5.26 Å². The number of nitriles is 1. The molecular formula is C17H15N3O2. The molecule has 0 aliphatic heterocycles. The zero-order chi connectivity index (χ0) is 16.1. The summed E-state index contributed by atoms with van der Waals surface area (Å²) in [4.78, 5) is 23.7. The molecule has 0 atom stereocenters. The zero-order valence-corrected chi connectivity index (χ0v) is 12.3.